The van der Waals surface area contributed by atoms with Crippen molar-refractivity contribution in [2.24, 2.45) is 0 Å². The Balaban J connectivity index is 0.00000154. The molecule has 0 atom stereocenters. The Kier molecular flexibility index (Phi) is 10.9. The monoisotopic (exact) mass is 330 g/mol. The van der Waals surface area contributed by atoms with Gasteiger partial charge in [0.25, 0.3) is 0 Å². The Morgan fingerprint density at radius 2 is 2.00 bits per heavy atom. The predicted molar refractivity (Wildman–Crippen MR) is 86.9 cm³/mol. The van der Waals surface area contributed by atoms with Crippen molar-refractivity contribution in [2.45, 2.75) is 46.5 Å². The van der Waals surface area contributed by atoms with E-state index in [0.29, 0.717) is 6.42 Å². The van der Waals surface area contributed by atoms with Gasteiger partial charge in [-0.1, -0.05) is 33.6 Å². The van der Waals surface area contributed by atoms with Crippen LogP contribution in [-0.4, -0.2) is 30.3 Å². The standard InChI is InChI=1S/C13H21BrN2O.C2H6/c1-3-4-5-7-16(2)12-9-11(6-8-17)10-15-13(12)14;1-2/h9-10,17H,3-8H2,1-2H3;1-2H3. The molecule has 0 unspecified atom stereocenters. The summed E-state index contributed by atoms with van der Waals surface area (Å²) in [6, 6.07) is 2.10. The summed E-state index contributed by atoms with van der Waals surface area (Å²) in [7, 11) is 2.08. The summed E-state index contributed by atoms with van der Waals surface area (Å²) in [5, 5.41) is 8.94. The lowest BCUT2D eigenvalue weighted by Gasteiger charge is -2.20. The van der Waals surface area contributed by atoms with Gasteiger partial charge in [-0.2, -0.15) is 0 Å². The molecular weight excluding hydrogens is 304 g/mol. The number of rotatable bonds is 7. The summed E-state index contributed by atoms with van der Waals surface area (Å²) in [6.45, 7) is 7.42. The second-order valence-electron chi connectivity index (χ2n) is 4.26. The first-order valence-corrected chi connectivity index (χ1v) is 7.94. The number of anilines is 1. The second kappa shape index (κ2) is 11.2. The molecule has 1 heterocycles. The van der Waals surface area contributed by atoms with Gasteiger partial charge in [0.1, 0.15) is 4.60 Å². The van der Waals surface area contributed by atoms with Gasteiger partial charge in [0.2, 0.25) is 0 Å². The van der Waals surface area contributed by atoms with Crippen molar-refractivity contribution in [3.05, 3.63) is 22.4 Å². The number of aliphatic hydroxyl groups excluding tert-OH is 1. The first-order chi connectivity index (χ1) is 9.19. The fourth-order valence-electron chi connectivity index (χ4n) is 1.73. The first kappa shape index (κ1) is 18.4. The van der Waals surface area contributed by atoms with Crippen LogP contribution in [0.4, 0.5) is 5.69 Å². The van der Waals surface area contributed by atoms with Crippen LogP contribution < -0.4 is 4.90 Å². The maximum Gasteiger partial charge on any atom is 0.129 e. The molecule has 0 saturated carbocycles. The average Bonchev–Trinajstić information content (AvgIpc) is 2.43. The Morgan fingerprint density at radius 3 is 2.58 bits per heavy atom. The topological polar surface area (TPSA) is 36.4 Å². The number of pyridine rings is 1. The van der Waals surface area contributed by atoms with Gasteiger partial charge in [-0.25, -0.2) is 4.98 Å². The molecule has 0 bridgehead atoms. The Morgan fingerprint density at radius 1 is 1.32 bits per heavy atom. The van der Waals surface area contributed by atoms with Crippen LogP contribution in [0, 0.1) is 0 Å². The first-order valence-electron chi connectivity index (χ1n) is 7.15. The van der Waals surface area contributed by atoms with Gasteiger partial charge in [0, 0.05) is 26.4 Å². The zero-order chi connectivity index (χ0) is 14.7. The third-order valence-electron chi connectivity index (χ3n) is 2.79. The number of hydrogen-bond donors (Lipinski definition) is 1. The van der Waals surface area contributed by atoms with Gasteiger partial charge >= 0.3 is 0 Å². The quantitative estimate of drug-likeness (QED) is 0.605. The molecule has 0 saturated heterocycles. The maximum absolute atomic E-state index is 8.94. The SMILES string of the molecule is CC.CCCCCN(C)c1cc(CCO)cnc1Br. The summed E-state index contributed by atoms with van der Waals surface area (Å²) < 4.78 is 0.873. The molecule has 0 spiro atoms. The number of nitrogens with zero attached hydrogens (tertiary/aromatic N) is 2. The minimum absolute atomic E-state index is 0.169. The molecule has 1 aromatic rings. The molecule has 1 rings (SSSR count). The third kappa shape index (κ3) is 6.92. The molecule has 0 amide bonds. The molecule has 1 N–H and O–H groups in total. The Bertz CT molecular complexity index is 345. The zero-order valence-corrected chi connectivity index (χ0v) is 14.2. The molecule has 0 aliphatic carbocycles. The van der Waals surface area contributed by atoms with Gasteiger partial charge < -0.3 is 10.0 Å². The highest BCUT2D eigenvalue weighted by Crippen LogP contribution is 2.24. The molecule has 3 nitrogen and oxygen atoms in total. The number of aromatic nitrogens is 1. The number of halogens is 1. The van der Waals surface area contributed by atoms with Crippen molar-refractivity contribution in [2.75, 3.05) is 25.1 Å². The highest BCUT2D eigenvalue weighted by Gasteiger charge is 2.07. The molecular formula is C15H27BrN2O. The van der Waals surface area contributed by atoms with E-state index in [1.165, 1.54) is 19.3 Å². The molecule has 0 radical (unpaired) electrons. The molecule has 0 fully saturated rings. The lowest BCUT2D eigenvalue weighted by molar-refractivity contribution is 0.299. The molecule has 110 valence electrons. The lowest BCUT2D eigenvalue weighted by atomic mass is 10.2. The van der Waals surface area contributed by atoms with Crippen LogP contribution in [0.3, 0.4) is 0 Å². The fraction of sp³-hybridized carbons (Fsp3) is 0.667. The highest BCUT2D eigenvalue weighted by atomic mass is 79.9. The van der Waals surface area contributed by atoms with Gasteiger partial charge in [0.05, 0.1) is 5.69 Å². The lowest BCUT2D eigenvalue weighted by Crippen LogP contribution is -2.19. The van der Waals surface area contributed by atoms with Gasteiger partial charge in [-0.3, -0.25) is 0 Å². The summed E-state index contributed by atoms with van der Waals surface area (Å²) in [6.07, 6.45) is 6.16. The van der Waals surface area contributed by atoms with E-state index in [-0.39, 0.29) is 6.61 Å². The van der Waals surface area contributed by atoms with E-state index in [1.54, 1.807) is 0 Å². The van der Waals surface area contributed by atoms with E-state index in [4.69, 9.17) is 5.11 Å². The highest BCUT2D eigenvalue weighted by molar-refractivity contribution is 9.10. The van der Waals surface area contributed by atoms with Crippen LogP contribution >= 0.6 is 15.9 Å². The van der Waals surface area contributed by atoms with Crippen LogP contribution in [0.5, 0.6) is 0 Å². The van der Waals surface area contributed by atoms with Gasteiger partial charge in [-0.05, 0) is 40.4 Å². The maximum atomic E-state index is 8.94. The zero-order valence-electron chi connectivity index (χ0n) is 12.6. The largest absolute Gasteiger partial charge is 0.396 e. The normalized spacial score (nSPS) is 9.79. The number of unbranched alkanes of at least 4 members (excludes halogenated alkanes) is 2. The minimum Gasteiger partial charge on any atom is -0.396 e. The minimum atomic E-state index is 0.169. The molecule has 0 aliphatic rings. The smallest absolute Gasteiger partial charge is 0.129 e. The number of hydrogen-bond acceptors (Lipinski definition) is 3. The molecule has 0 aromatic carbocycles. The van der Waals surface area contributed by atoms with Crippen molar-refractivity contribution >= 4 is 21.6 Å². The van der Waals surface area contributed by atoms with Crippen molar-refractivity contribution in [1.29, 1.82) is 0 Å². The van der Waals surface area contributed by atoms with Gasteiger partial charge in [-0.15, -0.1) is 0 Å². The molecule has 19 heavy (non-hydrogen) atoms. The summed E-state index contributed by atoms with van der Waals surface area (Å²) in [5.41, 5.74) is 2.18. The average molecular weight is 331 g/mol. The number of aliphatic hydroxyl groups is 1. The van der Waals surface area contributed by atoms with E-state index in [0.717, 1.165) is 22.4 Å². The van der Waals surface area contributed by atoms with E-state index >= 15 is 0 Å². The van der Waals surface area contributed by atoms with Crippen molar-refractivity contribution in [3.63, 3.8) is 0 Å². The van der Waals surface area contributed by atoms with Crippen molar-refractivity contribution in [1.82, 2.24) is 4.98 Å². The van der Waals surface area contributed by atoms with Crippen molar-refractivity contribution in [3.8, 4) is 0 Å². The van der Waals surface area contributed by atoms with E-state index in [9.17, 15) is 0 Å². The molecule has 1 aromatic heterocycles. The van der Waals surface area contributed by atoms with Crippen molar-refractivity contribution < 1.29 is 5.11 Å². The Labute approximate surface area is 126 Å². The predicted octanol–water partition coefficient (Wildman–Crippen LogP) is 4.03. The molecule has 0 aliphatic heterocycles. The van der Waals surface area contributed by atoms with E-state index in [1.807, 2.05) is 20.0 Å². The van der Waals surface area contributed by atoms with Crippen LogP contribution in [0.2, 0.25) is 0 Å². The van der Waals surface area contributed by atoms with Crippen LogP contribution in [0.15, 0.2) is 16.9 Å². The Hall–Kier alpha value is -0.610. The van der Waals surface area contributed by atoms with Crippen LogP contribution in [0.1, 0.15) is 45.6 Å². The fourth-order valence-corrected chi connectivity index (χ4v) is 2.25. The van der Waals surface area contributed by atoms with Crippen LogP contribution in [-0.2, 0) is 6.42 Å². The van der Waals surface area contributed by atoms with E-state index in [2.05, 4.69) is 45.9 Å². The summed E-state index contributed by atoms with van der Waals surface area (Å²) in [5.74, 6) is 0. The molecule has 4 heteroatoms. The van der Waals surface area contributed by atoms with Gasteiger partial charge in [0.15, 0.2) is 0 Å². The summed E-state index contributed by atoms with van der Waals surface area (Å²) >= 11 is 3.48. The summed E-state index contributed by atoms with van der Waals surface area (Å²) in [4.78, 5) is 6.53. The van der Waals surface area contributed by atoms with E-state index < -0.39 is 0 Å². The van der Waals surface area contributed by atoms with Crippen LogP contribution in [0.25, 0.3) is 0 Å². The second-order valence-corrected chi connectivity index (χ2v) is 5.01. The third-order valence-corrected chi connectivity index (χ3v) is 3.40.